The minimum atomic E-state index is -0.610. The van der Waals surface area contributed by atoms with Crippen molar-refractivity contribution in [3.05, 3.63) is 80.1 Å². The third-order valence-electron chi connectivity index (χ3n) is 8.21. The number of carbonyl (C=O) groups excluding carboxylic acids is 2. The van der Waals surface area contributed by atoms with Crippen LogP contribution in [0.15, 0.2) is 58.3 Å². The van der Waals surface area contributed by atoms with E-state index in [1.807, 2.05) is 29.2 Å². The van der Waals surface area contributed by atoms with Gasteiger partial charge in [-0.3, -0.25) is 18.7 Å². The number of fused-ring (bicyclic) bond motifs is 1. The predicted octanol–water partition coefficient (Wildman–Crippen LogP) is 3.63. The summed E-state index contributed by atoms with van der Waals surface area (Å²) in [6, 6.07) is 12.1. The SMILES string of the molecule is COCC(C)n1c(=O)c(-c2cccc(OC)c2Cl)cn(CC(=O)N2CCC(N3CCc4ccccc4NC3=O)CC2)c1=O. The molecule has 1 saturated heterocycles. The van der Waals surface area contributed by atoms with Gasteiger partial charge in [-0.1, -0.05) is 41.9 Å². The fraction of sp³-hybridized carbons (Fsp3) is 0.419. The average Bonchev–Trinajstić information content (AvgIpc) is 3.17. The van der Waals surface area contributed by atoms with Crippen LogP contribution in [-0.2, 0) is 22.5 Å². The molecule has 3 heterocycles. The maximum absolute atomic E-state index is 13.6. The Bertz CT molecular complexity index is 1630. The van der Waals surface area contributed by atoms with Crippen LogP contribution in [0.3, 0.4) is 0 Å². The standard InChI is InChI=1S/C31H36ClN5O6/c1-20(19-42-2)37-29(39)24(23-8-6-10-26(43-3)28(23)32)17-35(31(37)41)18-27(38)34-14-12-22(13-15-34)36-16-11-21-7-4-5-9-25(21)33-30(36)40/h4-10,17,20,22H,11-16,18-19H2,1-3H3,(H,33,40). The predicted molar refractivity (Wildman–Crippen MR) is 164 cm³/mol. The molecule has 2 aromatic carbocycles. The number of piperidine rings is 1. The van der Waals surface area contributed by atoms with Crippen LogP contribution in [0.4, 0.5) is 10.5 Å². The smallest absolute Gasteiger partial charge is 0.331 e. The highest BCUT2D eigenvalue weighted by molar-refractivity contribution is 6.34. The topological polar surface area (TPSA) is 115 Å². The number of amides is 3. The van der Waals surface area contributed by atoms with E-state index < -0.39 is 17.3 Å². The summed E-state index contributed by atoms with van der Waals surface area (Å²) in [5, 5.41) is 3.24. The molecule has 5 rings (SSSR count). The summed E-state index contributed by atoms with van der Waals surface area (Å²) in [6.07, 6.45) is 3.40. The maximum atomic E-state index is 13.6. The second-order valence-electron chi connectivity index (χ2n) is 10.9. The fourth-order valence-electron chi connectivity index (χ4n) is 5.91. The number of anilines is 1. The first kappa shape index (κ1) is 30.4. The Balaban J connectivity index is 1.35. The van der Waals surface area contributed by atoms with Crippen LogP contribution < -0.4 is 21.3 Å². The van der Waals surface area contributed by atoms with Crippen molar-refractivity contribution in [1.29, 1.82) is 0 Å². The molecule has 1 unspecified atom stereocenters. The van der Waals surface area contributed by atoms with E-state index >= 15 is 0 Å². The van der Waals surface area contributed by atoms with E-state index in [0.29, 0.717) is 43.8 Å². The lowest BCUT2D eigenvalue weighted by atomic mass is 10.0. The summed E-state index contributed by atoms with van der Waals surface area (Å²) >= 11 is 6.56. The maximum Gasteiger partial charge on any atom is 0.331 e. The summed E-state index contributed by atoms with van der Waals surface area (Å²) in [7, 11) is 2.97. The molecule has 1 aromatic heterocycles. The molecular weight excluding hydrogens is 574 g/mol. The highest BCUT2D eigenvalue weighted by Gasteiger charge is 2.32. The number of benzene rings is 2. The van der Waals surface area contributed by atoms with Gasteiger partial charge in [0.25, 0.3) is 5.56 Å². The Morgan fingerprint density at radius 2 is 1.77 bits per heavy atom. The number of halogens is 1. The van der Waals surface area contributed by atoms with Crippen molar-refractivity contribution >= 4 is 29.2 Å². The van der Waals surface area contributed by atoms with Crippen molar-refractivity contribution in [2.75, 3.05) is 45.8 Å². The average molecular weight is 610 g/mol. The molecule has 0 bridgehead atoms. The van der Waals surface area contributed by atoms with Crippen molar-refractivity contribution in [3.63, 3.8) is 0 Å². The molecule has 0 spiro atoms. The zero-order valence-corrected chi connectivity index (χ0v) is 25.3. The Hall–Kier alpha value is -4.09. The summed E-state index contributed by atoms with van der Waals surface area (Å²) in [5.41, 5.74) is 1.36. The molecule has 11 nitrogen and oxygen atoms in total. The number of methoxy groups -OCH3 is 2. The molecule has 3 aromatic rings. The van der Waals surface area contributed by atoms with Crippen LogP contribution in [0.25, 0.3) is 11.1 Å². The number of rotatable bonds is 8. The Labute approximate surface area is 254 Å². The van der Waals surface area contributed by atoms with Gasteiger partial charge in [0.1, 0.15) is 12.3 Å². The van der Waals surface area contributed by atoms with Gasteiger partial charge in [0.2, 0.25) is 5.91 Å². The molecule has 0 saturated carbocycles. The van der Waals surface area contributed by atoms with Crippen LogP contribution in [0.5, 0.6) is 5.75 Å². The molecule has 3 amide bonds. The van der Waals surface area contributed by atoms with E-state index in [4.69, 9.17) is 21.1 Å². The lowest BCUT2D eigenvalue weighted by Crippen LogP contribution is -2.51. The van der Waals surface area contributed by atoms with Gasteiger partial charge in [-0.05, 0) is 43.9 Å². The highest BCUT2D eigenvalue weighted by atomic mass is 35.5. The van der Waals surface area contributed by atoms with Crippen molar-refractivity contribution in [2.45, 2.75) is 44.8 Å². The molecular formula is C31H36ClN5O6. The molecule has 1 N–H and O–H groups in total. The summed E-state index contributed by atoms with van der Waals surface area (Å²) < 4.78 is 12.9. The number of nitrogens with zero attached hydrogens (tertiary/aromatic N) is 4. The van der Waals surface area contributed by atoms with E-state index in [0.717, 1.165) is 22.2 Å². The van der Waals surface area contributed by atoms with Gasteiger partial charge in [-0.15, -0.1) is 0 Å². The van der Waals surface area contributed by atoms with E-state index in [9.17, 15) is 19.2 Å². The first-order chi connectivity index (χ1) is 20.7. The molecule has 12 heteroatoms. The Morgan fingerprint density at radius 3 is 2.49 bits per heavy atom. The van der Waals surface area contributed by atoms with Gasteiger partial charge in [0.05, 0.1) is 30.3 Å². The van der Waals surface area contributed by atoms with E-state index in [1.54, 1.807) is 30.0 Å². The molecule has 1 fully saturated rings. The third-order valence-corrected chi connectivity index (χ3v) is 8.60. The summed E-state index contributed by atoms with van der Waals surface area (Å²) in [4.78, 5) is 57.1. The van der Waals surface area contributed by atoms with Crippen molar-refractivity contribution in [3.8, 4) is 16.9 Å². The number of aromatic nitrogens is 2. The lowest BCUT2D eigenvalue weighted by Gasteiger charge is -2.38. The van der Waals surface area contributed by atoms with Gasteiger partial charge >= 0.3 is 11.7 Å². The lowest BCUT2D eigenvalue weighted by molar-refractivity contribution is -0.133. The first-order valence-electron chi connectivity index (χ1n) is 14.3. The van der Waals surface area contributed by atoms with Crippen molar-refractivity contribution in [2.24, 2.45) is 0 Å². The van der Waals surface area contributed by atoms with Gasteiger partial charge in [0, 0.05) is 50.2 Å². The number of urea groups is 1. The molecule has 1 atom stereocenters. The molecule has 228 valence electrons. The zero-order valence-electron chi connectivity index (χ0n) is 24.5. The van der Waals surface area contributed by atoms with E-state index in [2.05, 4.69) is 5.32 Å². The van der Waals surface area contributed by atoms with Crippen molar-refractivity contribution < 1.29 is 19.1 Å². The molecule has 0 radical (unpaired) electrons. The van der Waals surface area contributed by atoms with Crippen LogP contribution >= 0.6 is 11.6 Å². The zero-order chi connectivity index (χ0) is 30.7. The van der Waals surface area contributed by atoms with Crippen LogP contribution in [-0.4, -0.2) is 77.4 Å². The summed E-state index contributed by atoms with van der Waals surface area (Å²) in [5.74, 6) is 0.134. The first-order valence-corrected chi connectivity index (χ1v) is 14.7. The highest BCUT2D eigenvalue weighted by Crippen LogP contribution is 2.33. The summed E-state index contributed by atoms with van der Waals surface area (Å²) in [6.45, 7) is 3.08. The number of carbonyl (C=O) groups is 2. The number of hydrogen-bond donors (Lipinski definition) is 1. The fourth-order valence-corrected chi connectivity index (χ4v) is 6.22. The minimum Gasteiger partial charge on any atom is -0.495 e. The van der Waals surface area contributed by atoms with Gasteiger partial charge < -0.3 is 24.6 Å². The Morgan fingerprint density at radius 1 is 1.02 bits per heavy atom. The number of hydrogen-bond acceptors (Lipinski definition) is 6. The third kappa shape index (κ3) is 6.18. The number of likely N-dealkylation sites (tertiary alicyclic amines) is 1. The number of nitrogens with one attached hydrogen (secondary N) is 1. The van der Waals surface area contributed by atoms with E-state index in [1.165, 1.54) is 25.0 Å². The number of ether oxygens (including phenoxy) is 2. The minimum absolute atomic E-state index is 0.000288. The largest absolute Gasteiger partial charge is 0.495 e. The molecule has 0 aliphatic carbocycles. The van der Waals surface area contributed by atoms with Gasteiger partial charge in [0.15, 0.2) is 0 Å². The second-order valence-corrected chi connectivity index (χ2v) is 11.3. The monoisotopic (exact) mass is 609 g/mol. The van der Waals surface area contributed by atoms with Crippen LogP contribution in [0.2, 0.25) is 5.02 Å². The molecule has 2 aliphatic heterocycles. The van der Waals surface area contributed by atoms with Crippen molar-refractivity contribution in [1.82, 2.24) is 18.9 Å². The second kappa shape index (κ2) is 13.0. The van der Waals surface area contributed by atoms with Gasteiger partial charge in [-0.25, -0.2) is 9.59 Å². The molecule has 43 heavy (non-hydrogen) atoms. The number of para-hydroxylation sites is 1. The Kier molecular flexibility index (Phi) is 9.22. The normalized spacial score (nSPS) is 16.3. The molecule has 2 aliphatic rings. The quantitative estimate of drug-likeness (QED) is 0.417. The van der Waals surface area contributed by atoms with Crippen LogP contribution in [0, 0.1) is 0 Å². The van der Waals surface area contributed by atoms with Crippen LogP contribution in [0.1, 0.15) is 31.4 Å². The van der Waals surface area contributed by atoms with Gasteiger partial charge in [-0.2, -0.15) is 0 Å². The van der Waals surface area contributed by atoms with E-state index in [-0.39, 0.29) is 41.7 Å².